The highest BCUT2D eigenvalue weighted by Gasteiger charge is 2.73. The smallest absolute Gasteiger partial charge is 0.184 e. The minimum atomic E-state index is -2.05. The molecule has 0 saturated heterocycles. The number of fused-ring (bicyclic) bond motifs is 2. The van der Waals surface area contributed by atoms with Gasteiger partial charge in [-0.2, -0.15) is 0 Å². The third kappa shape index (κ3) is 3.79. The van der Waals surface area contributed by atoms with Gasteiger partial charge >= 0.3 is 0 Å². The van der Waals surface area contributed by atoms with Gasteiger partial charge in [-0.05, 0) is 44.1 Å². The van der Waals surface area contributed by atoms with Gasteiger partial charge in [0.15, 0.2) is 8.32 Å². The van der Waals surface area contributed by atoms with Crippen LogP contribution in [0.5, 0.6) is 0 Å². The third-order valence-electron chi connectivity index (χ3n) is 7.51. The summed E-state index contributed by atoms with van der Waals surface area (Å²) in [4.78, 5) is 0. The number of aliphatic hydroxyl groups is 3. The van der Waals surface area contributed by atoms with Crippen molar-refractivity contribution in [3.05, 3.63) is 47.7 Å². The van der Waals surface area contributed by atoms with Gasteiger partial charge < -0.3 is 29.2 Å². The Kier molecular flexibility index (Phi) is 6.13. The van der Waals surface area contributed by atoms with E-state index >= 15 is 0 Å². The fraction of sp³-hybridized carbons (Fsp3) is 0.667. The normalized spacial score (nSPS) is 40.2. The van der Waals surface area contributed by atoms with E-state index in [4.69, 9.17) is 13.9 Å². The molecule has 3 N–H and O–H groups in total. The summed E-state index contributed by atoms with van der Waals surface area (Å²) in [5, 5.41) is 32.8. The van der Waals surface area contributed by atoms with Crippen molar-refractivity contribution in [1.29, 1.82) is 0 Å². The molecule has 0 radical (unpaired) electrons. The average molecular weight is 449 g/mol. The maximum absolute atomic E-state index is 11.4. The molecular weight excluding hydrogens is 412 g/mol. The standard InChI is InChI=1S/C24H36O6Si/c1-28-23-11-10-18(19(14-23)29-15-16-8-6-5-7-9-16)22(30-31(2,3)4)24(23)20(26)12-17(25)13-21(24)27/h5-9,12,18-22,25-27H,10-11,13-15H2,1-4H3/t18-,19+,20?,21+,22-,23-,24-/m1/s1. The minimum Gasteiger partial charge on any atom is -0.512 e. The quantitative estimate of drug-likeness (QED) is 0.577. The summed E-state index contributed by atoms with van der Waals surface area (Å²) in [6.45, 7) is 6.87. The van der Waals surface area contributed by atoms with E-state index in [1.807, 2.05) is 30.3 Å². The summed E-state index contributed by atoms with van der Waals surface area (Å²) in [5.41, 5.74) is -0.730. The van der Waals surface area contributed by atoms with Crippen molar-refractivity contribution in [1.82, 2.24) is 0 Å². The van der Waals surface area contributed by atoms with Crippen LogP contribution in [0, 0.1) is 11.3 Å². The van der Waals surface area contributed by atoms with Gasteiger partial charge in [-0.25, -0.2) is 0 Å². The fourth-order valence-corrected chi connectivity index (χ4v) is 7.42. The molecule has 6 nitrogen and oxygen atoms in total. The molecule has 3 saturated carbocycles. The number of methoxy groups -OCH3 is 1. The van der Waals surface area contributed by atoms with Gasteiger partial charge in [-0.1, -0.05) is 30.3 Å². The number of hydrogen-bond donors (Lipinski definition) is 3. The van der Waals surface area contributed by atoms with Crippen LogP contribution in [0.15, 0.2) is 42.2 Å². The molecule has 0 aliphatic heterocycles. The Hall–Kier alpha value is -1.22. The molecule has 1 aromatic carbocycles. The lowest BCUT2D eigenvalue weighted by Gasteiger charge is -2.68. The first-order chi connectivity index (χ1) is 14.6. The second-order valence-corrected chi connectivity index (χ2v) is 14.8. The molecule has 3 fully saturated rings. The zero-order valence-corrected chi connectivity index (χ0v) is 20.0. The number of aliphatic hydroxyl groups excluding tert-OH is 3. The lowest BCUT2D eigenvalue weighted by atomic mass is 9.45. The zero-order chi connectivity index (χ0) is 22.4. The first-order valence-corrected chi connectivity index (χ1v) is 14.7. The van der Waals surface area contributed by atoms with Gasteiger partial charge in [0.25, 0.3) is 0 Å². The molecule has 2 bridgehead atoms. The molecule has 1 unspecified atom stereocenters. The summed E-state index contributed by atoms with van der Waals surface area (Å²) in [6.07, 6.45) is 1.16. The topological polar surface area (TPSA) is 88.4 Å². The second kappa shape index (κ2) is 8.28. The number of benzene rings is 1. The molecule has 172 valence electrons. The molecule has 1 aromatic rings. The predicted molar refractivity (Wildman–Crippen MR) is 120 cm³/mol. The van der Waals surface area contributed by atoms with E-state index in [1.54, 1.807) is 7.11 Å². The van der Waals surface area contributed by atoms with Crippen LogP contribution in [-0.2, 0) is 20.5 Å². The summed E-state index contributed by atoms with van der Waals surface area (Å²) in [6, 6.07) is 10.1. The monoisotopic (exact) mass is 448 g/mol. The molecular formula is C24H36O6Si. The van der Waals surface area contributed by atoms with Crippen molar-refractivity contribution in [3.63, 3.8) is 0 Å². The SMILES string of the molecule is CO[C@]12CC[C@H]([C@@H](OCc3ccccc3)C1)[C@@H](O[Si](C)(C)C)[C@]21C(O)C=C(O)C[C@@H]1O. The van der Waals surface area contributed by atoms with E-state index in [0.717, 1.165) is 12.0 Å². The van der Waals surface area contributed by atoms with Crippen LogP contribution in [0.4, 0.5) is 0 Å². The van der Waals surface area contributed by atoms with Gasteiger partial charge in [-0.15, -0.1) is 0 Å². The molecule has 31 heavy (non-hydrogen) atoms. The van der Waals surface area contributed by atoms with E-state index in [-0.39, 0.29) is 24.2 Å². The number of rotatable bonds is 6. The molecule has 0 aromatic heterocycles. The van der Waals surface area contributed by atoms with Gasteiger partial charge in [0.05, 0.1) is 47.8 Å². The van der Waals surface area contributed by atoms with Gasteiger partial charge in [0.1, 0.15) is 0 Å². The van der Waals surface area contributed by atoms with Gasteiger partial charge in [0, 0.05) is 25.9 Å². The lowest BCUT2D eigenvalue weighted by Crippen LogP contribution is -2.78. The minimum absolute atomic E-state index is 0.0157. The van der Waals surface area contributed by atoms with E-state index in [9.17, 15) is 15.3 Å². The fourth-order valence-electron chi connectivity index (χ4n) is 6.29. The molecule has 7 atom stereocenters. The summed E-state index contributed by atoms with van der Waals surface area (Å²) >= 11 is 0. The highest BCUT2D eigenvalue weighted by molar-refractivity contribution is 6.69. The Balaban J connectivity index is 1.73. The van der Waals surface area contributed by atoms with E-state index in [2.05, 4.69) is 19.6 Å². The second-order valence-electron chi connectivity index (χ2n) is 10.3. The van der Waals surface area contributed by atoms with E-state index in [1.165, 1.54) is 6.08 Å². The highest BCUT2D eigenvalue weighted by Crippen LogP contribution is 2.63. The Labute approximate surface area is 186 Å². The van der Waals surface area contributed by atoms with Gasteiger partial charge in [0.2, 0.25) is 0 Å². The number of hydrogen-bond acceptors (Lipinski definition) is 6. The molecule has 7 heteroatoms. The molecule has 4 aliphatic rings. The van der Waals surface area contributed by atoms with Crippen LogP contribution in [0.1, 0.15) is 31.2 Å². The lowest BCUT2D eigenvalue weighted by molar-refractivity contribution is -0.319. The Morgan fingerprint density at radius 1 is 1.13 bits per heavy atom. The molecule has 5 rings (SSSR count). The van der Waals surface area contributed by atoms with E-state index in [0.29, 0.717) is 19.4 Å². The zero-order valence-electron chi connectivity index (χ0n) is 19.0. The Morgan fingerprint density at radius 3 is 2.45 bits per heavy atom. The summed E-state index contributed by atoms with van der Waals surface area (Å²) in [7, 11) is -0.389. The largest absolute Gasteiger partial charge is 0.512 e. The van der Waals surface area contributed by atoms with Crippen LogP contribution in [0.3, 0.4) is 0 Å². The number of ether oxygens (including phenoxy) is 2. The maximum Gasteiger partial charge on any atom is 0.184 e. The van der Waals surface area contributed by atoms with Gasteiger partial charge in [-0.3, -0.25) is 0 Å². The van der Waals surface area contributed by atoms with Crippen LogP contribution >= 0.6 is 0 Å². The van der Waals surface area contributed by atoms with Crippen molar-refractivity contribution in [2.45, 2.75) is 81.9 Å². The first kappa shape index (κ1) is 23.0. The molecule has 0 heterocycles. The summed E-state index contributed by atoms with van der Waals surface area (Å²) in [5.74, 6) is 0.0485. The van der Waals surface area contributed by atoms with Crippen molar-refractivity contribution < 1.29 is 29.2 Å². The Morgan fingerprint density at radius 2 is 1.84 bits per heavy atom. The average Bonchev–Trinajstić information content (AvgIpc) is 2.71. The van der Waals surface area contributed by atoms with Crippen LogP contribution in [0.2, 0.25) is 19.6 Å². The van der Waals surface area contributed by atoms with Crippen molar-refractivity contribution >= 4 is 8.32 Å². The van der Waals surface area contributed by atoms with Crippen molar-refractivity contribution in [3.8, 4) is 0 Å². The molecule has 4 aliphatic carbocycles. The maximum atomic E-state index is 11.4. The first-order valence-electron chi connectivity index (χ1n) is 11.3. The van der Waals surface area contributed by atoms with Crippen molar-refractivity contribution in [2.75, 3.05) is 7.11 Å². The highest BCUT2D eigenvalue weighted by atomic mass is 28.4. The van der Waals surface area contributed by atoms with Crippen LogP contribution in [0.25, 0.3) is 0 Å². The summed E-state index contributed by atoms with van der Waals surface area (Å²) < 4.78 is 19.4. The molecule has 0 amide bonds. The third-order valence-corrected chi connectivity index (χ3v) is 8.47. The van der Waals surface area contributed by atoms with Crippen LogP contribution in [-0.4, -0.2) is 60.8 Å². The van der Waals surface area contributed by atoms with Crippen molar-refractivity contribution in [2.24, 2.45) is 11.3 Å². The van der Waals surface area contributed by atoms with E-state index < -0.39 is 37.6 Å². The predicted octanol–water partition coefficient (Wildman–Crippen LogP) is 3.54. The Bertz CT molecular complexity index is 808. The molecule has 1 spiro atoms. The van der Waals surface area contributed by atoms with Crippen LogP contribution < -0.4 is 0 Å².